The standard InChI is InChI=1S/C9H15N3O/c10-5-9-7-12(3-4-13-9)8-1-2-11-6-8/h8-9,11H,1-4,6-7H2. The molecule has 2 rings (SSSR count). The maximum Gasteiger partial charge on any atom is 0.156 e. The number of hydrogen-bond acceptors (Lipinski definition) is 4. The van der Waals surface area contributed by atoms with Crippen molar-refractivity contribution >= 4 is 0 Å². The number of nitriles is 1. The monoisotopic (exact) mass is 181 g/mol. The van der Waals surface area contributed by atoms with Crippen LogP contribution in [0.15, 0.2) is 0 Å². The SMILES string of the molecule is N#CC1CN(C2CCNC2)CCO1. The first-order valence-electron chi connectivity index (χ1n) is 4.86. The number of nitrogens with one attached hydrogen (secondary N) is 1. The van der Waals surface area contributed by atoms with Gasteiger partial charge in [0.25, 0.3) is 0 Å². The van der Waals surface area contributed by atoms with E-state index in [0.29, 0.717) is 12.6 Å². The van der Waals surface area contributed by atoms with E-state index >= 15 is 0 Å². The van der Waals surface area contributed by atoms with Crippen LogP contribution >= 0.6 is 0 Å². The minimum Gasteiger partial charge on any atom is -0.361 e. The summed E-state index contributed by atoms with van der Waals surface area (Å²) in [6.45, 7) is 4.64. The molecule has 0 aromatic rings. The molecule has 0 amide bonds. The summed E-state index contributed by atoms with van der Waals surface area (Å²) in [5.41, 5.74) is 0. The first-order valence-corrected chi connectivity index (χ1v) is 4.86. The van der Waals surface area contributed by atoms with Crippen molar-refractivity contribution in [3.8, 4) is 6.07 Å². The number of nitrogens with zero attached hydrogens (tertiary/aromatic N) is 2. The van der Waals surface area contributed by atoms with E-state index in [2.05, 4.69) is 16.3 Å². The molecule has 0 aromatic carbocycles. The molecule has 2 saturated heterocycles. The zero-order valence-corrected chi connectivity index (χ0v) is 7.70. The van der Waals surface area contributed by atoms with E-state index in [-0.39, 0.29) is 6.10 Å². The van der Waals surface area contributed by atoms with Crippen LogP contribution in [0.1, 0.15) is 6.42 Å². The maximum atomic E-state index is 8.73. The summed E-state index contributed by atoms with van der Waals surface area (Å²) < 4.78 is 5.29. The van der Waals surface area contributed by atoms with Crippen molar-refractivity contribution in [2.24, 2.45) is 0 Å². The normalized spacial score (nSPS) is 35.9. The molecule has 0 aliphatic carbocycles. The lowest BCUT2D eigenvalue weighted by molar-refractivity contribution is -0.0137. The zero-order chi connectivity index (χ0) is 9.10. The molecule has 2 unspecified atom stereocenters. The molecule has 0 aromatic heterocycles. The summed E-state index contributed by atoms with van der Waals surface area (Å²) in [7, 11) is 0. The second kappa shape index (κ2) is 4.05. The Kier molecular flexibility index (Phi) is 2.79. The summed E-state index contributed by atoms with van der Waals surface area (Å²) in [5, 5.41) is 12.1. The number of rotatable bonds is 1. The fourth-order valence-electron chi connectivity index (χ4n) is 2.03. The molecule has 2 fully saturated rings. The predicted octanol–water partition coefficient (Wildman–Crippen LogP) is -0.427. The Morgan fingerprint density at radius 1 is 1.54 bits per heavy atom. The van der Waals surface area contributed by atoms with Gasteiger partial charge in [0.1, 0.15) is 0 Å². The van der Waals surface area contributed by atoms with Crippen molar-refractivity contribution in [3.63, 3.8) is 0 Å². The van der Waals surface area contributed by atoms with Crippen LogP contribution in [0.5, 0.6) is 0 Å². The first kappa shape index (κ1) is 8.95. The molecule has 4 heteroatoms. The minimum absolute atomic E-state index is 0.214. The molecule has 0 spiro atoms. The number of hydrogen-bond donors (Lipinski definition) is 1. The van der Waals surface area contributed by atoms with Crippen LogP contribution in [0.2, 0.25) is 0 Å². The molecule has 2 heterocycles. The van der Waals surface area contributed by atoms with Gasteiger partial charge in [0.15, 0.2) is 6.10 Å². The fraction of sp³-hybridized carbons (Fsp3) is 0.889. The molecule has 0 saturated carbocycles. The molecule has 2 aliphatic heterocycles. The quantitative estimate of drug-likeness (QED) is 0.596. The predicted molar refractivity (Wildman–Crippen MR) is 48.2 cm³/mol. The van der Waals surface area contributed by atoms with Crippen LogP contribution in [0.3, 0.4) is 0 Å². The van der Waals surface area contributed by atoms with E-state index in [1.807, 2.05) is 0 Å². The lowest BCUT2D eigenvalue weighted by Gasteiger charge is -2.33. The van der Waals surface area contributed by atoms with Crippen LogP contribution in [-0.2, 0) is 4.74 Å². The van der Waals surface area contributed by atoms with Crippen LogP contribution in [0.25, 0.3) is 0 Å². The average Bonchev–Trinajstić information content (AvgIpc) is 2.71. The minimum atomic E-state index is -0.214. The van der Waals surface area contributed by atoms with Gasteiger partial charge < -0.3 is 10.1 Å². The van der Waals surface area contributed by atoms with Crippen LogP contribution in [0, 0.1) is 11.3 Å². The molecular weight excluding hydrogens is 166 g/mol. The molecular formula is C9H15N3O. The molecule has 72 valence electrons. The molecule has 4 nitrogen and oxygen atoms in total. The smallest absolute Gasteiger partial charge is 0.156 e. The van der Waals surface area contributed by atoms with Gasteiger partial charge in [-0.25, -0.2) is 0 Å². The van der Waals surface area contributed by atoms with E-state index in [4.69, 9.17) is 10.00 Å². The van der Waals surface area contributed by atoms with Gasteiger partial charge in [-0.3, -0.25) is 4.90 Å². The van der Waals surface area contributed by atoms with E-state index in [1.165, 1.54) is 6.42 Å². The second-order valence-electron chi connectivity index (χ2n) is 3.63. The topological polar surface area (TPSA) is 48.3 Å². The average molecular weight is 181 g/mol. The van der Waals surface area contributed by atoms with Crippen molar-refractivity contribution in [2.75, 3.05) is 32.8 Å². The van der Waals surface area contributed by atoms with Gasteiger partial charge in [0.05, 0.1) is 12.7 Å². The Morgan fingerprint density at radius 2 is 2.46 bits per heavy atom. The van der Waals surface area contributed by atoms with E-state index in [0.717, 1.165) is 26.2 Å². The number of ether oxygens (including phenoxy) is 1. The molecule has 13 heavy (non-hydrogen) atoms. The number of morpholine rings is 1. The van der Waals surface area contributed by atoms with Crippen molar-refractivity contribution < 1.29 is 4.74 Å². The summed E-state index contributed by atoms with van der Waals surface area (Å²) in [6, 6.07) is 2.80. The largest absolute Gasteiger partial charge is 0.361 e. The molecule has 1 N–H and O–H groups in total. The third kappa shape index (κ3) is 1.99. The Hall–Kier alpha value is -0.630. The van der Waals surface area contributed by atoms with Crippen molar-refractivity contribution in [2.45, 2.75) is 18.6 Å². The fourth-order valence-corrected chi connectivity index (χ4v) is 2.03. The highest BCUT2D eigenvalue weighted by molar-refractivity contribution is 4.92. The van der Waals surface area contributed by atoms with Gasteiger partial charge in [0, 0.05) is 25.7 Å². The highest BCUT2D eigenvalue weighted by Gasteiger charge is 2.27. The van der Waals surface area contributed by atoms with E-state index in [9.17, 15) is 0 Å². The van der Waals surface area contributed by atoms with Gasteiger partial charge in [-0.15, -0.1) is 0 Å². The molecule has 0 radical (unpaired) electrons. The highest BCUT2D eigenvalue weighted by Crippen LogP contribution is 2.13. The second-order valence-corrected chi connectivity index (χ2v) is 3.63. The van der Waals surface area contributed by atoms with E-state index in [1.54, 1.807) is 0 Å². The van der Waals surface area contributed by atoms with Crippen LogP contribution < -0.4 is 5.32 Å². The van der Waals surface area contributed by atoms with Gasteiger partial charge in [0.2, 0.25) is 0 Å². The van der Waals surface area contributed by atoms with Gasteiger partial charge in [-0.05, 0) is 13.0 Å². The van der Waals surface area contributed by atoms with Crippen molar-refractivity contribution in [3.05, 3.63) is 0 Å². The molecule has 2 aliphatic rings. The lowest BCUT2D eigenvalue weighted by atomic mass is 10.2. The van der Waals surface area contributed by atoms with Gasteiger partial charge in [-0.1, -0.05) is 0 Å². The summed E-state index contributed by atoms with van der Waals surface area (Å²) >= 11 is 0. The third-order valence-corrected chi connectivity index (χ3v) is 2.79. The van der Waals surface area contributed by atoms with Crippen LogP contribution in [0.4, 0.5) is 0 Å². The van der Waals surface area contributed by atoms with Crippen molar-refractivity contribution in [1.82, 2.24) is 10.2 Å². The highest BCUT2D eigenvalue weighted by atomic mass is 16.5. The first-order chi connectivity index (χ1) is 6.40. The summed E-state index contributed by atoms with van der Waals surface area (Å²) in [5.74, 6) is 0. The Labute approximate surface area is 78.5 Å². The Morgan fingerprint density at radius 3 is 3.15 bits per heavy atom. The molecule has 0 bridgehead atoms. The zero-order valence-electron chi connectivity index (χ0n) is 7.70. The maximum absolute atomic E-state index is 8.73. The summed E-state index contributed by atoms with van der Waals surface area (Å²) in [6.07, 6.45) is 0.993. The van der Waals surface area contributed by atoms with Gasteiger partial charge >= 0.3 is 0 Å². The Bertz CT molecular complexity index is 207. The van der Waals surface area contributed by atoms with Crippen molar-refractivity contribution in [1.29, 1.82) is 5.26 Å². The van der Waals surface area contributed by atoms with E-state index < -0.39 is 0 Å². The Balaban J connectivity index is 1.88. The van der Waals surface area contributed by atoms with Crippen LogP contribution in [-0.4, -0.2) is 49.8 Å². The summed E-state index contributed by atoms with van der Waals surface area (Å²) in [4.78, 5) is 2.37. The molecule has 2 atom stereocenters. The third-order valence-electron chi connectivity index (χ3n) is 2.79. The lowest BCUT2D eigenvalue weighted by Crippen LogP contribution is -2.48. The van der Waals surface area contributed by atoms with Gasteiger partial charge in [-0.2, -0.15) is 5.26 Å².